The minimum Gasteiger partial charge on any atom is -0.147 e. The van der Waals surface area contributed by atoms with Crippen molar-refractivity contribution in [2.24, 2.45) is 11.8 Å². The van der Waals surface area contributed by atoms with E-state index >= 15 is 0 Å². The van der Waals surface area contributed by atoms with Gasteiger partial charge in [-0.25, -0.2) is 0 Å². The van der Waals surface area contributed by atoms with Gasteiger partial charge in [0, 0.05) is 0 Å². The summed E-state index contributed by atoms with van der Waals surface area (Å²) in [5.41, 5.74) is 0. The molecule has 13 heavy (non-hydrogen) atoms. The Morgan fingerprint density at radius 3 is 2.08 bits per heavy atom. The molecule has 0 saturated carbocycles. The summed E-state index contributed by atoms with van der Waals surface area (Å²) in [6, 6.07) is 1.04. The molecular weight excluding hydrogens is 219 g/mol. The van der Waals surface area contributed by atoms with Crippen molar-refractivity contribution in [2.75, 3.05) is 0 Å². The lowest BCUT2D eigenvalue weighted by molar-refractivity contribution is 0.449. The molecule has 0 aliphatic heterocycles. The summed E-state index contributed by atoms with van der Waals surface area (Å²) >= 11 is 11.5. The lowest BCUT2D eigenvalue weighted by atomic mass is 9.98. The van der Waals surface area contributed by atoms with Gasteiger partial charge in [-0.3, -0.25) is 0 Å². The first kappa shape index (κ1) is 13.8. The lowest BCUT2D eigenvalue weighted by Gasteiger charge is -2.11. The predicted octanol–water partition coefficient (Wildman–Crippen LogP) is 4.80. The van der Waals surface area contributed by atoms with Crippen molar-refractivity contribution in [1.29, 1.82) is 0 Å². The van der Waals surface area contributed by atoms with E-state index in [1.165, 1.54) is 25.7 Å². The molecule has 0 spiro atoms. The quantitative estimate of drug-likeness (QED) is 0.442. The molecule has 0 fully saturated rings. The smallest absolute Gasteiger partial charge is 0.147 e. The number of hydrogen-bond acceptors (Lipinski definition) is 0. The average Bonchev–Trinajstić information content (AvgIpc) is 2.00. The maximum Gasteiger partial charge on any atom is 0.273 e. The zero-order chi connectivity index (χ0) is 10.3. The zero-order valence-corrected chi connectivity index (χ0v) is 11.5. The van der Waals surface area contributed by atoms with E-state index in [1.54, 1.807) is 0 Å². The zero-order valence-electron chi connectivity index (χ0n) is 8.95. The topological polar surface area (TPSA) is 0 Å². The number of halogens is 2. The third-order valence-electron chi connectivity index (χ3n) is 2.30. The van der Waals surface area contributed by atoms with Crippen LogP contribution in [0.3, 0.4) is 0 Å². The summed E-state index contributed by atoms with van der Waals surface area (Å²) in [6.45, 7) is 6.87. The van der Waals surface area contributed by atoms with Gasteiger partial charge in [-0.15, -0.1) is 22.2 Å². The van der Waals surface area contributed by atoms with E-state index in [4.69, 9.17) is 22.2 Å². The van der Waals surface area contributed by atoms with Crippen molar-refractivity contribution in [3.05, 3.63) is 0 Å². The van der Waals surface area contributed by atoms with E-state index in [0.717, 1.165) is 17.9 Å². The minimum atomic E-state index is -1.03. The Bertz CT molecular complexity index is 115. The number of hydrogen-bond donors (Lipinski definition) is 0. The average molecular weight is 240 g/mol. The summed E-state index contributed by atoms with van der Waals surface area (Å²) in [5, 5.41) is 0. The summed E-state index contributed by atoms with van der Waals surface area (Å²) < 4.78 is 0. The highest BCUT2D eigenvalue weighted by atomic mass is 35.7. The highest BCUT2D eigenvalue weighted by Crippen LogP contribution is 2.19. The van der Waals surface area contributed by atoms with Crippen molar-refractivity contribution in [3.8, 4) is 0 Å². The largest absolute Gasteiger partial charge is 0.273 e. The van der Waals surface area contributed by atoms with Crippen LogP contribution in [0.1, 0.15) is 46.5 Å². The first-order valence-corrected chi connectivity index (χ1v) is 8.92. The van der Waals surface area contributed by atoms with Crippen LogP contribution in [-0.2, 0) is 0 Å². The fraction of sp³-hybridized carbons (Fsp3) is 1.00. The third-order valence-corrected chi connectivity index (χ3v) is 4.11. The molecule has 0 nitrogen and oxygen atoms in total. The summed E-state index contributed by atoms with van der Waals surface area (Å²) in [4.78, 5) is 0. The monoisotopic (exact) mass is 239 g/mol. The molecule has 0 aromatic heterocycles. The fourth-order valence-electron chi connectivity index (χ4n) is 1.37. The second-order valence-corrected chi connectivity index (χ2v) is 8.80. The van der Waals surface area contributed by atoms with Gasteiger partial charge in [-0.1, -0.05) is 46.5 Å². The normalized spacial score (nSPS) is 14.1. The molecule has 0 unspecified atom stereocenters. The van der Waals surface area contributed by atoms with E-state index in [0.29, 0.717) is 0 Å². The molecule has 1 radical (unpaired) electrons. The number of rotatable bonds is 7. The second-order valence-electron chi connectivity index (χ2n) is 4.31. The fourth-order valence-corrected chi connectivity index (χ4v) is 2.74. The lowest BCUT2D eigenvalue weighted by Crippen LogP contribution is -2.00. The van der Waals surface area contributed by atoms with E-state index in [-0.39, 0.29) is 0 Å². The highest BCUT2D eigenvalue weighted by molar-refractivity contribution is 7.33. The Morgan fingerprint density at radius 2 is 1.62 bits per heavy atom. The maximum atomic E-state index is 5.77. The first-order valence-electron chi connectivity index (χ1n) is 5.19. The molecular formula is C10H21Cl2Si. The molecule has 1 atom stereocenters. The van der Waals surface area contributed by atoms with Crippen LogP contribution in [0.4, 0.5) is 0 Å². The Labute approximate surface area is 94.0 Å². The van der Waals surface area contributed by atoms with Gasteiger partial charge in [0.2, 0.25) is 0 Å². The van der Waals surface area contributed by atoms with Crippen molar-refractivity contribution in [2.45, 2.75) is 52.5 Å². The van der Waals surface area contributed by atoms with Crippen molar-refractivity contribution in [3.63, 3.8) is 0 Å². The van der Waals surface area contributed by atoms with Gasteiger partial charge >= 0.3 is 0 Å². The SMILES string of the molecule is CC(C)CCC[C@@H](C)CC[Si](Cl)Cl. The molecule has 0 heterocycles. The molecule has 0 aliphatic carbocycles. The summed E-state index contributed by atoms with van der Waals surface area (Å²) in [7, 11) is -1.03. The third kappa shape index (κ3) is 10.7. The van der Waals surface area contributed by atoms with Gasteiger partial charge in [0.1, 0.15) is 0 Å². The molecule has 0 rings (SSSR count). The van der Waals surface area contributed by atoms with Crippen LogP contribution in [0.15, 0.2) is 0 Å². The van der Waals surface area contributed by atoms with Gasteiger partial charge in [0.15, 0.2) is 0 Å². The van der Waals surface area contributed by atoms with Gasteiger partial charge < -0.3 is 0 Å². The molecule has 0 aromatic rings. The highest BCUT2D eigenvalue weighted by Gasteiger charge is 2.08. The van der Waals surface area contributed by atoms with Crippen LogP contribution >= 0.6 is 22.2 Å². The summed E-state index contributed by atoms with van der Waals surface area (Å²) in [6.07, 6.45) is 5.25. The van der Waals surface area contributed by atoms with E-state index in [1.807, 2.05) is 0 Å². The van der Waals surface area contributed by atoms with Crippen LogP contribution in [-0.4, -0.2) is 7.42 Å². The molecule has 3 heteroatoms. The molecule has 0 amide bonds. The first-order chi connectivity index (χ1) is 6.02. The van der Waals surface area contributed by atoms with E-state index in [9.17, 15) is 0 Å². The van der Waals surface area contributed by atoms with Crippen LogP contribution < -0.4 is 0 Å². The van der Waals surface area contributed by atoms with Crippen LogP contribution in [0.25, 0.3) is 0 Å². The Hall–Kier alpha value is 0.797. The van der Waals surface area contributed by atoms with Crippen molar-refractivity contribution < 1.29 is 0 Å². The second kappa shape index (κ2) is 8.13. The van der Waals surface area contributed by atoms with E-state index < -0.39 is 7.42 Å². The van der Waals surface area contributed by atoms with Crippen LogP contribution in [0.5, 0.6) is 0 Å². The molecule has 0 aliphatic rings. The van der Waals surface area contributed by atoms with Gasteiger partial charge in [0.25, 0.3) is 7.42 Å². The van der Waals surface area contributed by atoms with Gasteiger partial charge in [0.05, 0.1) is 0 Å². The Morgan fingerprint density at radius 1 is 1.00 bits per heavy atom. The van der Waals surface area contributed by atoms with Crippen molar-refractivity contribution in [1.82, 2.24) is 0 Å². The maximum absolute atomic E-state index is 5.77. The minimum absolute atomic E-state index is 0.802. The van der Waals surface area contributed by atoms with Crippen LogP contribution in [0.2, 0.25) is 6.04 Å². The van der Waals surface area contributed by atoms with Crippen LogP contribution in [0, 0.1) is 11.8 Å². The molecule has 79 valence electrons. The standard InChI is InChI=1S/C10H21Cl2Si/c1-9(2)5-4-6-10(3)7-8-13(11)12/h9-10H,4-8H2,1-3H3/t10-/m1/s1. The van der Waals surface area contributed by atoms with E-state index in [2.05, 4.69) is 20.8 Å². The summed E-state index contributed by atoms with van der Waals surface area (Å²) in [5.74, 6) is 1.64. The van der Waals surface area contributed by atoms with Gasteiger partial charge in [-0.05, 0) is 17.9 Å². The molecule has 0 aromatic carbocycles. The van der Waals surface area contributed by atoms with Crippen molar-refractivity contribution >= 4 is 29.6 Å². The van der Waals surface area contributed by atoms with Gasteiger partial charge in [-0.2, -0.15) is 0 Å². The molecule has 0 saturated heterocycles. The Kier molecular flexibility index (Phi) is 8.63. The Balaban J connectivity index is 3.25. The molecule has 0 bridgehead atoms. The molecule has 0 N–H and O–H groups in total. The predicted molar refractivity (Wildman–Crippen MR) is 64.7 cm³/mol.